The number of carbonyl (C=O) groups is 3. The Hall–Kier alpha value is -3.82. The van der Waals surface area contributed by atoms with Crippen LogP contribution in [0.2, 0.25) is 5.02 Å². The number of carbonyl (C=O) groups excluding carboxylic acids is 3. The van der Waals surface area contributed by atoms with E-state index in [0.717, 1.165) is 16.8 Å². The predicted molar refractivity (Wildman–Crippen MR) is 150 cm³/mol. The van der Waals surface area contributed by atoms with Gasteiger partial charge in [0.15, 0.2) is 5.82 Å². The molecule has 0 spiro atoms. The van der Waals surface area contributed by atoms with E-state index in [4.69, 9.17) is 34.8 Å². The maximum atomic E-state index is 13.7. The third-order valence-electron chi connectivity index (χ3n) is 6.33. The van der Waals surface area contributed by atoms with Gasteiger partial charge in [-0.2, -0.15) is 23.4 Å². The van der Waals surface area contributed by atoms with Crippen LogP contribution in [0.4, 0.5) is 18.0 Å². The zero-order chi connectivity index (χ0) is 31.6. The summed E-state index contributed by atoms with van der Waals surface area (Å²) >= 11 is 19.0. The number of nitrogens with zero attached hydrogens (tertiary/aromatic N) is 6. The Morgan fingerprint density at radius 1 is 1.21 bits per heavy atom. The zero-order valence-corrected chi connectivity index (χ0v) is 25.0. The number of hydrogen-bond acceptors (Lipinski definition) is 8. The SMILES string of the molecule is COC(=O)N(C)NC(=O)C1=C(NC(=O)c2cc(CN3N=C(C(F)(F)F)CC3C)nn2-c2ncccc2Cl)C(Cl)=CC(Cl)C1. The molecule has 0 saturated carbocycles. The third kappa shape index (κ3) is 7.22. The molecule has 18 heteroatoms. The van der Waals surface area contributed by atoms with E-state index >= 15 is 0 Å². The molecule has 0 bridgehead atoms. The molecule has 2 N–H and O–H groups in total. The van der Waals surface area contributed by atoms with Crippen LogP contribution in [0.15, 0.2) is 51.9 Å². The van der Waals surface area contributed by atoms with Gasteiger partial charge in [-0.15, -0.1) is 11.6 Å². The second kappa shape index (κ2) is 12.8. The Labute approximate surface area is 258 Å². The molecule has 2 atom stereocenters. The van der Waals surface area contributed by atoms with Crippen molar-refractivity contribution >= 4 is 58.4 Å². The van der Waals surface area contributed by atoms with E-state index in [0.29, 0.717) is 0 Å². The average Bonchev–Trinajstić information content (AvgIpc) is 3.53. The van der Waals surface area contributed by atoms with Crippen LogP contribution in [-0.4, -0.2) is 80.2 Å². The first kappa shape index (κ1) is 32.1. The molecule has 2 aromatic rings. The summed E-state index contributed by atoms with van der Waals surface area (Å²) < 4.78 is 45.4. The molecule has 43 heavy (non-hydrogen) atoms. The maximum Gasteiger partial charge on any atom is 0.431 e. The Balaban J connectivity index is 1.70. The quantitative estimate of drug-likeness (QED) is 0.348. The Morgan fingerprint density at radius 2 is 1.93 bits per heavy atom. The van der Waals surface area contributed by atoms with Crippen LogP contribution in [0.1, 0.15) is 35.9 Å². The van der Waals surface area contributed by atoms with Gasteiger partial charge in [0.05, 0.1) is 46.5 Å². The summed E-state index contributed by atoms with van der Waals surface area (Å²) in [5, 5.41) is 12.1. The third-order valence-corrected chi connectivity index (χ3v) is 7.22. The van der Waals surface area contributed by atoms with Crippen LogP contribution in [0.3, 0.4) is 0 Å². The van der Waals surface area contributed by atoms with Gasteiger partial charge in [-0.1, -0.05) is 23.2 Å². The van der Waals surface area contributed by atoms with Gasteiger partial charge in [-0.05, 0) is 37.6 Å². The topological polar surface area (TPSA) is 134 Å². The first-order valence-corrected chi connectivity index (χ1v) is 13.7. The van der Waals surface area contributed by atoms with Gasteiger partial charge in [0, 0.05) is 25.2 Å². The van der Waals surface area contributed by atoms with Crippen LogP contribution < -0.4 is 10.7 Å². The fourth-order valence-electron chi connectivity index (χ4n) is 4.24. The Kier molecular flexibility index (Phi) is 9.57. The van der Waals surface area contributed by atoms with Gasteiger partial charge in [-0.3, -0.25) is 20.0 Å². The number of pyridine rings is 1. The van der Waals surface area contributed by atoms with E-state index < -0.39 is 41.2 Å². The number of ether oxygens (including phenoxy) is 1. The molecule has 0 saturated heterocycles. The van der Waals surface area contributed by atoms with Crippen LogP contribution in [0.25, 0.3) is 5.82 Å². The summed E-state index contributed by atoms with van der Waals surface area (Å²) in [7, 11) is 2.38. The lowest BCUT2D eigenvalue weighted by Crippen LogP contribution is -2.45. The van der Waals surface area contributed by atoms with Crippen molar-refractivity contribution in [3.63, 3.8) is 0 Å². The molecular weight excluding hydrogens is 640 g/mol. The molecule has 0 radical (unpaired) electrons. The second-order valence-electron chi connectivity index (χ2n) is 9.45. The highest BCUT2D eigenvalue weighted by Gasteiger charge is 2.41. The molecule has 2 unspecified atom stereocenters. The van der Waals surface area contributed by atoms with Gasteiger partial charge >= 0.3 is 12.3 Å². The Bertz CT molecular complexity index is 1540. The van der Waals surface area contributed by atoms with Crippen LogP contribution >= 0.6 is 34.8 Å². The molecule has 0 aromatic carbocycles. The molecule has 2 aliphatic rings. The van der Waals surface area contributed by atoms with Crippen LogP contribution in [0.5, 0.6) is 0 Å². The number of aromatic nitrogens is 3. The van der Waals surface area contributed by atoms with Gasteiger partial charge < -0.3 is 10.1 Å². The van der Waals surface area contributed by atoms with E-state index in [-0.39, 0.29) is 57.9 Å². The van der Waals surface area contributed by atoms with Gasteiger partial charge in [0.2, 0.25) is 0 Å². The first-order valence-electron chi connectivity index (χ1n) is 12.5. The molecule has 0 fully saturated rings. The molecular formula is C25H24Cl3F3N8O4. The minimum Gasteiger partial charge on any atom is -0.452 e. The number of amides is 3. The lowest BCUT2D eigenvalue weighted by atomic mass is 10.0. The summed E-state index contributed by atoms with van der Waals surface area (Å²) in [4.78, 5) is 42.7. The molecule has 4 rings (SSSR count). The van der Waals surface area contributed by atoms with E-state index in [2.05, 4.69) is 30.7 Å². The molecule has 1 aliphatic carbocycles. The number of nitrogens with one attached hydrogen (secondary N) is 2. The highest BCUT2D eigenvalue weighted by atomic mass is 35.5. The minimum atomic E-state index is -4.58. The minimum absolute atomic E-state index is 0.0429. The van der Waals surface area contributed by atoms with Crippen molar-refractivity contribution in [2.75, 3.05) is 14.2 Å². The highest BCUT2D eigenvalue weighted by molar-refractivity contribution is 6.34. The number of hydrogen-bond donors (Lipinski definition) is 2. The number of rotatable bonds is 6. The monoisotopic (exact) mass is 662 g/mol. The van der Waals surface area contributed by atoms with Crippen LogP contribution in [-0.2, 0) is 16.1 Å². The summed E-state index contributed by atoms with van der Waals surface area (Å²) in [6.07, 6.45) is -2.97. The van der Waals surface area contributed by atoms with Gasteiger partial charge in [0.1, 0.15) is 11.4 Å². The summed E-state index contributed by atoms with van der Waals surface area (Å²) in [6, 6.07) is 3.83. The molecule has 1 aliphatic heterocycles. The number of methoxy groups -OCH3 is 1. The van der Waals surface area contributed by atoms with Crippen molar-refractivity contribution in [1.82, 2.24) is 35.5 Å². The van der Waals surface area contributed by atoms with Crippen molar-refractivity contribution in [3.05, 3.63) is 63.2 Å². The number of hydrazine groups is 1. The van der Waals surface area contributed by atoms with Gasteiger partial charge in [-0.25, -0.2) is 19.5 Å². The van der Waals surface area contributed by atoms with Gasteiger partial charge in [0.25, 0.3) is 11.8 Å². The molecule has 230 valence electrons. The first-order chi connectivity index (χ1) is 20.2. The maximum absolute atomic E-state index is 13.7. The van der Waals surface area contributed by atoms with Crippen molar-refractivity contribution in [3.8, 4) is 5.82 Å². The molecule has 3 heterocycles. The number of hydrazone groups is 1. The number of allylic oxidation sites excluding steroid dienone is 2. The van der Waals surface area contributed by atoms with Crippen molar-refractivity contribution < 1.29 is 32.3 Å². The summed E-state index contributed by atoms with van der Waals surface area (Å²) in [5.41, 5.74) is 1.32. The van der Waals surface area contributed by atoms with E-state index in [1.165, 1.54) is 36.5 Å². The van der Waals surface area contributed by atoms with E-state index in [1.807, 2.05) is 0 Å². The molecule has 2 aromatic heterocycles. The van der Waals surface area contributed by atoms with Crippen LogP contribution in [0, 0.1) is 0 Å². The smallest absolute Gasteiger partial charge is 0.431 e. The summed E-state index contributed by atoms with van der Waals surface area (Å²) in [6.45, 7) is 1.42. The van der Waals surface area contributed by atoms with E-state index in [1.54, 1.807) is 13.0 Å². The van der Waals surface area contributed by atoms with E-state index in [9.17, 15) is 27.6 Å². The largest absolute Gasteiger partial charge is 0.452 e. The normalized spacial score (nSPS) is 18.7. The average molecular weight is 664 g/mol. The molecule has 12 nitrogen and oxygen atoms in total. The lowest BCUT2D eigenvalue weighted by Gasteiger charge is -2.24. The fourth-order valence-corrected chi connectivity index (χ4v) is 5.10. The van der Waals surface area contributed by atoms with Crippen molar-refractivity contribution in [1.29, 1.82) is 0 Å². The van der Waals surface area contributed by atoms with Crippen molar-refractivity contribution in [2.45, 2.75) is 43.9 Å². The lowest BCUT2D eigenvalue weighted by molar-refractivity contribution is -0.121. The van der Waals surface area contributed by atoms with Crippen molar-refractivity contribution in [2.24, 2.45) is 5.10 Å². The zero-order valence-electron chi connectivity index (χ0n) is 22.7. The Morgan fingerprint density at radius 3 is 2.56 bits per heavy atom. The second-order valence-corrected chi connectivity index (χ2v) is 10.8. The standard InChI is InChI=1S/C25H24Cl3F3N8O4/c1-12-7-19(25(29,30)31)35-38(12)11-14-10-18(39(34-14)21-16(27)5-4-6-32-21)23(41)33-20-15(8-13(26)9-17(20)28)22(40)36-37(2)24(42)43-3/h4-6,9-10,12-13H,7-8,11H2,1-3H3,(H,33,41)(H,36,40). The molecule has 3 amide bonds. The summed E-state index contributed by atoms with van der Waals surface area (Å²) in [5.74, 6) is -1.54. The fraction of sp³-hybridized carbons (Fsp3) is 0.360. The number of halogens is 6. The highest BCUT2D eigenvalue weighted by Crippen LogP contribution is 2.31. The number of alkyl halides is 4. The predicted octanol–water partition coefficient (Wildman–Crippen LogP) is 4.28.